The number of carbonyl (C=O) groups is 4. The number of carboxylic acids is 1. The van der Waals surface area contributed by atoms with Gasteiger partial charge < -0.3 is 20.5 Å². The van der Waals surface area contributed by atoms with Crippen molar-refractivity contribution in [3.05, 3.63) is 36.0 Å². The van der Waals surface area contributed by atoms with Gasteiger partial charge in [-0.2, -0.15) is 0 Å². The number of nitrogens with one attached hydrogen (secondary N) is 3. The Kier molecular flexibility index (Phi) is 10.1. The number of ether oxygens (including phenoxy) is 1. The SMILES string of the molecule is CCc1ccc2cnc(OCC(C)(C)C(=O)NC(C(=O)NC(C)C(=O)N3CCCC(C(=O)O)N3)C(C)C)cc2c1. The van der Waals surface area contributed by atoms with E-state index in [1.54, 1.807) is 33.9 Å². The average Bonchev–Trinajstić information content (AvgIpc) is 2.93. The molecule has 1 aliphatic heterocycles. The third-order valence-corrected chi connectivity index (χ3v) is 7.08. The summed E-state index contributed by atoms with van der Waals surface area (Å²) in [6, 6.07) is 5.35. The summed E-state index contributed by atoms with van der Waals surface area (Å²) in [4.78, 5) is 54.9. The number of hydrazine groups is 1. The largest absolute Gasteiger partial charge is 0.480 e. The molecule has 1 fully saturated rings. The van der Waals surface area contributed by atoms with Gasteiger partial charge in [-0.25, -0.2) is 10.4 Å². The minimum atomic E-state index is -1.04. The molecule has 1 aromatic carbocycles. The van der Waals surface area contributed by atoms with Gasteiger partial charge in [-0.1, -0.05) is 39.0 Å². The number of rotatable bonds is 11. The van der Waals surface area contributed by atoms with E-state index >= 15 is 0 Å². The molecular formula is C29H41N5O6. The van der Waals surface area contributed by atoms with Crippen molar-refractivity contribution < 1.29 is 29.0 Å². The molecule has 1 aromatic heterocycles. The smallest absolute Gasteiger partial charge is 0.322 e. The van der Waals surface area contributed by atoms with E-state index in [0.717, 1.165) is 17.2 Å². The number of hydrogen-bond donors (Lipinski definition) is 4. The fourth-order valence-corrected chi connectivity index (χ4v) is 4.38. The quantitative estimate of drug-likeness (QED) is 0.330. The molecule has 3 amide bonds. The van der Waals surface area contributed by atoms with Gasteiger partial charge in [-0.05, 0) is 56.9 Å². The highest BCUT2D eigenvalue weighted by molar-refractivity contribution is 5.93. The van der Waals surface area contributed by atoms with Crippen molar-refractivity contribution in [3.8, 4) is 5.88 Å². The minimum absolute atomic E-state index is 0.0392. The third-order valence-electron chi connectivity index (χ3n) is 7.08. The van der Waals surface area contributed by atoms with Crippen molar-refractivity contribution in [2.24, 2.45) is 11.3 Å². The van der Waals surface area contributed by atoms with Crippen molar-refractivity contribution in [1.82, 2.24) is 26.1 Å². The van der Waals surface area contributed by atoms with E-state index in [9.17, 15) is 24.3 Å². The second-order valence-corrected chi connectivity index (χ2v) is 11.3. The van der Waals surface area contributed by atoms with Crippen molar-refractivity contribution in [2.75, 3.05) is 13.2 Å². The van der Waals surface area contributed by atoms with E-state index in [2.05, 4.69) is 40.1 Å². The van der Waals surface area contributed by atoms with E-state index in [-0.39, 0.29) is 18.4 Å². The highest BCUT2D eigenvalue weighted by Gasteiger charge is 2.35. The molecule has 3 rings (SSSR count). The highest BCUT2D eigenvalue weighted by atomic mass is 16.5. The number of carbonyl (C=O) groups excluding carboxylic acids is 3. The van der Waals surface area contributed by atoms with E-state index in [4.69, 9.17) is 4.74 Å². The maximum Gasteiger partial charge on any atom is 0.322 e. The number of fused-ring (bicyclic) bond motifs is 1. The lowest BCUT2D eigenvalue weighted by Gasteiger charge is -2.34. The average molecular weight is 556 g/mol. The number of nitrogens with zero attached hydrogens (tertiary/aromatic N) is 2. The molecule has 0 bridgehead atoms. The van der Waals surface area contributed by atoms with Crippen LogP contribution in [-0.4, -0.2) is 70.1 Å². The van der Waals surface area contributed by atoms with Gasteiger partial charge in [-0.3, -0.25) is 24.2 Å². The summed E-state index contributed by atoms with van der Waals surface area (Å²) in [5.41, 5.74) is 2.92. The Morgan fingerprint density at radius 2 is 1.88 bits per heavy atom. The Morgan fingerprint density at radius 1 is 1.15 bits per heavy atom. The van der Waals surface area contributed by atoms with Crippen LogP contribution in [0, 0.1) is 11.3 Å². The molecule has 11 heteroatoms. The van der Waals surface area contributed by atoms with Gasteiger partial charge in [0.25, 0.3) is 5.91 Å². The predicted octanol–water partition coefficient (Wildman–Crippen LogP) is 2.43. The predicted molar refractivity (Wildman–Crippen MR) is 150 cm³/mol. The molecule has 0 aliphatic carbocycles. The zero-order valence-corrected chi connectivity index (χ0v) is 24.1. The number of amides is 3. The normalized spacial score (nSPS) is 17.3. The van der Waals surface area contributed by atoms with Gasteiger partial charge in [0.05, 0.1) is 5.41 Å². The number of aliphatic carboxylic acids is 1. The second kappa shape index (κ2) is 13.1. The van der Waals surface area contributed by atoms with Crippen molar-refractivity contribution in [1.29, 1.82) is 0 Å². The molecule has 40 heavy (non-hydrogen) atoms. The summed E-state index contributed by atoms with van der Waals surface area (Å²) >= 11 is 0. The fraction of sp³-hybridized carbons (Fsp3) is 0.552. The van der Waals surface area contributed by atoms with Crippen LogP contribution >= 0.6 is 0 Å². The molecule has 2 aromatic rings. The van der Waals surface area contributed by atoms with Crippen LogP contribution in [0.1, 0.15) is 59.9 Å². The Labute approximate surface area is 235 Å². The Hall–Kier alpha value is -3.73. The molecule has 0 spiro atoms. The van der Waals surface area contributed by atoms with Crippen LogP contribution in [0.15, 0.2) is 30.5 Å². The van der Waals surface area contributed by atoms with E-state index < -0.39 is 41.3 Å². The van der Waals surface area contributed by atoms with Crippen molar-refractivity contribution >= 4 is 34.5 Å². The maximum absolute atomic E-state index is 13.2. The van der Waals surface area contributed by atoms with Crippen LogP contribution in [0.2, 0.25) is 0 Å². The maximum atomic E-state index is 13.2. The minimum Gasteiger partial charge on any atom is -0.480 e. The van der Waals surface area contributed by atoms with Crippen LogP contribution in [0.3, 0.4) is 0 Å². The molecule has 4 N–H and O–H groups in total. The van der Waals surface area contributed by atoms with Crippen molar-refractivity contribution in [2.45, 2.75) is 78.9 Å². The van der Waals surface area contributed by atoms with Gasteiger partial charge >= 0.3 is 5.97 Å². The lowest BCUT2D eigenvalue weighted by atomic mass is 9.92. The van der Waals surface area contributed by atoms with Crippen LogP contribution in [-0.2, 0) is 25.6 Å². The topological polar surface area (TPSA) is 150 Å². The zero-order valence-electron chi connectivity index (χ0n) is 24.1. The number of aryl methyl sites for hydroxylation is 1. The summed E-state index contributed by atoms with van der Waals surface area (Å²) in [7, 11) is 0. The molecule has 3 atom stereocenters. The first kappa shape index (κ1) is 30.8. The second-order valence-electron chi connectivity index (χ2n) is 11.3. The summed E-state index contributed by atoms with van der Waals surface area (Å²) < 4.78 is 5.89. The number of benzene rings is 1. The summed E-state index contributed by atoms with van der Waals surface area (Å²) in [6.45, 7) is 11.0. The van der Waals surface area contributed by atoms with Crippen LogP contribution in [0.25, 0.3) is 10.8 Å². The van der Waals surface area contributed by atoms with Gasteiger partial charge in [0.2, 0.25) is 17.7 Å². The zero-order chi connectivity index (χ0) is 29.6. The van der Waals surface area contributed by atoms with Crippen LogP contribution < -0.4 is 20.8 Å². The number of pyridine rings is 1. The highest BCUT2D eigenvalue weighted by Crippen LogP contribution is 2.23. The Balaban J connectivity index is 1.60. The van der Waals surface area contributed by atoms with Crippen LogP contribution in [0.4, 0.5) is 0 Å². The van der Waals surface area contributed by atoms with E-state index in [0.29, 0.717) is 25.3 Å². The van der Waals surface area contributed by atoms with E-state index in [1.165, 1.54) is 17.5 Å². The van der Waals surface area contributed by atoms with Gasteiger partial charge in [-0.15, -0.1) is 0 Å². The number of hydrogen-bond acceptors (Lipinski definition) is 7. The lowest BCUT2D eigenvalue weighted by molar-refractivity contribution is -0.148. The standard InChI is InChI=1S/C29H41N5O6/c1-7-19-10-11-20-15-30-23(14-21(20)13-19)40-16-29(5,6)28(39)32-24(17(2)3)25(35)31-18(4)26(36)34-12-8-9-22(33-34)27(37)38/h10-11,13-15,17-18,22,24,33H,7-9,12,16H2,1-6H3,(H,31,35)(H,32,39)(H,37,38). The molecule has 3 unspecified atom stereocenters. The first-order valence-corrected chi connectivity index (χ1v) is 13.8. The number of carboxylic acid groups (broad SMARTS) is 1. The lowest BCUT2D eigenvalue weighted by Crippen LogP contribution is -2.61. The summed E-state index contributed by atoms with van der Waals surface area (Å²) in [5.74, 6) is -2.22. The molecule has 1 saturated heterocycles. The molecule has 2 heterocycles. The van der Waals surface area contributed by atoms with Crippen molar-refractivity contribution in [3.63, 3.8) is 0 Å². The Bertz CT molecular complexity index is 1250. The first-order chi connectivity index (χ1) is 18.8. The van der Waals surface area contributed by atoms with E-state index in [1.807, 2.05) is 12.1 Å². The Morgan fingerprint density at radius 3 is 2.52 bits per heavy atom. The molecule has 11 nitrogen and oxygen atoms in total. The molecule has 0 radical (unpaired) electrons. The van der Waals surface area contributed by atoms with Gasteiger partial charge in [0.15, 0.2) is 0 Å². The monoisotopic (exact) mass is 555 g/mol. The van der Waals surface area contributed by atoms with Gasteiger partial charge in [0, 0.05) is 24.2 Å². The summed E-state index contributed by atoms with van der Waals surface area (Å²) in [6.07, 6.45) is 3.60. The first-order valence-electron chi connectivity index (χ1n) is 13.8. The van der Waals surface area contributed by atoms with Gasteiger partial charge in [0.1, 0.15) is 24.7 Å². The fourth-order valence-electron chi connectivity index (χ4n) is 4.38. The number of aromatic nitrogens is 1. The summed E-state index contributed by atoms with van der Waals surface area (Å²) in [5, 5.41) is 18.0. The van der Waals surface area contributed by atoms with Crippen LogP contribution in [0.5, 0.6) is 5.88 Å². The molecule has 1 aliphatic rings. The third kappa shape index (κ3) is 7.68. The molecule has 0 saturated carbocycles. The molecular weight excluding hydrogens is 514 g/mol. The molecule has 218 valence electrons.